The number of likely N-dealkylation sites (tertiary alicyclic amines) is 1. The van der Waals surface area contributed by atoms with E-state index in [0.29, 0.717) is 23.2 Å². The highest BCUT2D eigenvalue weighted by Crippen LogP contribution is 2.47. The fourth-order valence-electron chi connectivity index (χ4n) is 7.80. The quantitative estimate of drug-likeness (QED) is 0.139. The van der Waals surface area contributed by atoms with Gasteiger partial charge in [0.05, 0.1) is 29.6 Å². The fourth-order valence-corrected chi connectivity index (χ4v) is 9.35. The summed E-state index contributed by atoms with van der Waals surface area (Å²) >= 11 is 0. The van der Waals surface area contributed by atoms with Crippen molar-refractivity contribution in [1.82, 2.24) is 40.7 Å². The molecule has 3 aliphatic rings. The summed E-state index contributed by atoms with van der Waals surface area (Å²) in [6.45, 7) is 3.08. The molecule has 6 rings (SSSR count). The molecule has 52 heavy (non-hydrogen) atoms. The van der Waals surface area contributed by atoms with Crippen molar-refractivity contribution in [3.63, 3.8) is 0 Å². The third kappa shape index (κ3) is 7.84. The third-order valence-electron chi connectivity index (χ3n) is 10.7. The molecule has 282 valence electrons. The number of rotatable bonds is 11. The Morgan fingerprint density at radius 1 is 1.10 bits per heavy atom. The fraction of sp³-hybridized carbons (Fsp3) is 0.588. The Morgan fingerprint density at radius 3 is 2.48 bits per heavy atom. The van der Waals surface area contributed by atoms with Gasteiger partial charge in [-0.25, -0.2) is 4.68 Å². The minimum absolute atomic E-state index is 0.000624. The van der Waals surface area contributed by atoms with Crippen LogP contribution in [0, 0.1) is 5.92 Å². The number of ketones is 1. The first-order chi connectivity index (χ1) is 24.6. The molecule has 1 aromatic carbocycles. The number of carbonyl (C=O) groups excluding carboxylic acids is 5. The first-order valence-electron chi connectivity index (χ1n) is 17.6. The zero-order chi connectivity index (χ0) is 37.4. The second-order valence-corrected chi connectivity index (χ2v) is 17.4. The molecule has 2 saturated heterocycles. The minimum atomic E-state index is -3.03. The topological polar surface area (TPSA) is 259 Å². The number of fused-ring (bicyclic) bond motifs is 1. The van der Waals surface area contributed by atoms with E-state index in [1.165, 1.54) is 15.8 Å². The van der Waals surface area contributed by atoms with Crippen molar-refractivity contribution in [2.24, 2.45) is 11.7 Å². The van der Waals surface area contributed by atoms with E-state index in [1.807, 2.05) is 0 Å². The van der Waals surface area contributed by atoms with Gasteiger partial charge in [-0.1, -0.05) is 43.4 Å². The highest BCUT2D eigenvalue weighted by atomic mass is 32.3. The average Bonchev–Trinajstić information content (AvgIpc) is 3.88. The van der Waals surface area contributed by atoms with E-state index in [9.17, 15) is 38.2 Å². The van der Waals surface area contributed by atoms with Crippen LogP contribution in [0.25, 0.3) is 10.9 Å². The highest BCUT2D eigenvalue weighted by Gasteiger charge is 2.50. The van der Waals surface area contributed by atoms with Crippen LogP contribution in [0.15, 0.2) is 30.6 Å². The van der Waals surface area contributed by atoms with Crippen LogP contribution < -0.4 is 16.4 Å². The van der Waals surface area contributed by atoms with Crippen LogP contribution in [0.2, 0.25) is 0 Å². The van der Waals surface area contributed by atoms with Crippen LogP contribution in [0.5, 0.6) is 0 Å². The number of aromatic amines is 1. The van der Waals surface area contributed by atoms with Gasteiger partial charge in [0.1, 0.15) is 23.2 Å². The molecular weight excluding hydrogens is 694 g/mol. The Hall–Kier alpha value is -4.39. The number of hydrogen-bond donors (Lipinski definition) is 7. The van der Waals surface area contributed by atoms with Gasteiger partial charge in [0, 0.05) is 35.4 Å². The molecule has 4 heterocycles. The summed E-state index contributed by atoms with van der Waals surface area (Å²) in [5.41, 5.74) is 3.56. The Kier molecular flexibility index (Phi) is 10.5. The zero-order valence-electron chi connectivity index (χ0n) is 29.3. The van der Waals surface area contributed by atoms with Gasteiger partial charge in [-0.2, -0.15) is 15.7 Å². The maximum atomic E-state index is 14.8. The van der Waals surface area contributed by atoms with E-state index in [2.05, 4.69) is 31.1 Å². The lowest BCUT2D eigenvalue weighted by Gasteiger charge is -2.45. The van der Waals surface area contributed by atoms with Crippen molar-refractivity contribution in [1.29, 1.82) is 0 Å². The van der Waals surface area contributed by atoms with Gasteiger partial charge in [-0.15, -0.1) is 5.10 Å². The van der Waals surface area contributed by atoms with E-state index >= 15 is 0 Å². The van der Waals surface area contributed by atoms with Crippen molar-refractivity contribution in [2.75, 3.05) is 18.1 Å². The monoisotopic (exact) mass is 741 g/mol. The van der Waals surface area contributed by atoms with Gasteiger partial charge in [-0.3, -0.25) is 38.2 Å². The number of nitrogens with one attached hydrogen (secondary N) is 3. The molecule has 1 aliphatic carbocycles. The largest absolute Gasteiger partial charge is 0.384 e. The first-order valence-corrected chi connectivity index (χ1v) is 19.5. The van der Waals surface area contributed by atoms with Gasteiger partial charge < -0.3 is 26.4 Å². The third-order valence-corrected chi connectivity index (χ3v) is 12.5. The summed E-state index contributed by atoms with van der Waals surface area (Å²) in [5.74, 6) is -4.39. The Morgan fingerprint density at radius 2 is 1.81 bits per heavy atom. The van der Waals surface area contributed by atoms with Gasteiger partial charge in [-0.05, 0) is 51.2 Å². The highest BCUT2D eigenvalue weighted by molar-refractivity contribution is 8.24. The molecule has 0 bridgehead atoms. The van der Waals surface area contributed by atoms with Crippen LogP contribution in [0.3, 0.4) is 0 Å². The molecule has 2 aliphatic heterocycles. The molecular formula is C34H47N9O8S. The van der Waals surface area contributed by atoms with Gasteiger partial charge in [0.15, 0.2) is 0 Å². The number of nitrogens with zero attached hydrogens (tertiary/aromatic N) is 5. The Labute approximate surface area is 301 Å². The zero-order valence-corrected chi connectivity index (χ0v) is 30.1. The van der Waals surface area contributed by atoms with Crippen molar-refractivity contribution in [3.8, 4) is 0 Å². The number of amides is 4. The van der Waals surface area contributed by atoms with Crippen molar-refractivity contribution < 1.29 is 38.2 Å². The molecule has 18 heteroatoms. The van der Waals surface area contributed by atoms with Crippen LogP contribution in [0.4, 0.5) is 0 Å². The van der Waals surface area contributed by atoms with Crippen LogP contribution in [-0.4, -0.2) is 109 Å². The number of aromatic nitrogens is 5. The predicted molar refractivity (Wildman–Crippen MR) is 190 cm³/mol. The average molecular weight is 742 g/mol. The molecule has 4 amide bonds. The molecule has 1 unspecified atom stereocenters. The minimum Gasteiger partial charge on any atom is -0.384 e. The van der Waals surface area contributed by atoms with Crippen LogP contribution in [0.1, 0.15) is 93.7 Å². The number of aliphatic hydroxyl groups is 1. The second-order valence-electron chi connectivity index (χ2n) is 14.9. The molecule has 8 N–H and O–H groups in total. The molecule has 3 fully saturated rings. The van der Waals surface area contributed by atoms with E-state index in [1.54, 1.807) is 38.2 Å². The predicted octanol–water partition coefficient (Wildman–Crippen LogP) is 1.75. The van der Waals surface area contributed by atoms with Crippen molar-refractivity contribution in [2.45, 2.75) is 101 Å². The molecule has 0 radical (unpaired) electrons. The number of carbonyl (C=O) groups is 5. The SMILES string of the molecule is CC(C)(O)c1cnnn1[C@H]1C[C@@H](C(=O)NC2(C(=O)C(N)=O)CCS(O)(O)CC2)N(C(=O)C(CC2CCCCC2)NC(=O)c2ccc3cn[nH]c3c2)C1. The van der Waals surface area contributed by atoms with E-state index in [4.69, 9.17) is 5.73 Å². The first kappa shape index (κ1) is 37.4. The summed E-state index contributed by atoms with van der Waals surface area (Å²) < 4.78 is 22.0. The van der Waals surface area contributed by atoms with Gasteiger partial charge in [0.25, 0.3) is 11.8 Å². The maximum absolute atomic E-state index is 14.8. The molecule has 2 aromatic heterocycles. The Bertz CT molecular complexity index is 1840. The normalized spacial score (nSPS) is 23.1. The second kappa shape index (κ2) is 14.6. The summed E-state index contributed by atoms with van der Waals surface area (Å²) in [4.78, 5) is 69.6. The number of Topliss-reactive ketones (excluding diaryl/α,β-unsaturated/α-hetero) is 1. The summed E-state index contributed by atoms with van der Waals surface area (Å²) in [5, 5.41) is 32.4. The number of primary amides is 1. The summed E-state index contributed by atoms with van der Waals surface area (Å²) in [7, 11) is -3.03. The van der Waals surface area contributed by atoms with Crippen LogP contribution >= 0.6 is 10.6 Å². The molecule has 1 saturated carbocycles. The van der Waals surface area contributed by atoms with E-state index in [-0.39, 0.29) is 43.2 Å². The number of hydrogen-bond acceptors (Lipinski definition) is 11. The maximum Gasteiger partial charge on any atom is 0.287 e. The van der Waals surface area contributed by atoms with E-state index in [0.717, 1.165) is 37.5 Å². The van der Waals surface area contributed by atoms with Gasteiger partial charge >= 0.3 is 0 Å². The lowest BCUT2D eigenvalue weighted by molar-refractivity contribution is -0.145. The van der Waals surface area contributed by atoms with Gasteiger partial charge in [0.2, 0.25) is 17.6 Å². The van der Waals surface area contributed by atoms with Crippen LogP contribution in [-0.2, 0) is 24.8 Å². The summed E-state index contributed by atoms with van der Waals surface area (Å²) in [6, 6.07) is 2.19. The lowest BCUT2D eigenvalue weighted by atomic mass is 9.84. The van der Waals surface area contributed by atoms with Crippen molar-refractivity contribution in [3.05, 3.63) is 41.9 Å². The molecule has 3 aromatic rings. The summed E-state index contributed by atoms with van der Waals surface area (Å²) in [6.07, 6.45) is 7.77. The Balaban J connectivity index is 1.33. The standard InChI is InChI=1S/C34H47N9O8S/c1-33(2,49)27-18-37-41-43(27)23-16-26(31(47)39-34(28(44)29(35)45)10-12-52(50,51)13-11-34)42(19-23)32(48)25(14-20-6-4-3-5-7-20)38-30(46)21-8-9-22-17-36-40-24(22)15-21/h8-9,15,17-18,20,23,25-26,49-51H,3-7,10-14,16,19H2,1-2H3,(H2,35,45)(H,36,40)(H,38,46)(H,39,47)/t23-,25?,26-/m0/s1. The molecule has 17 nitrogen and oxygen atoms in total. The molecule has 3 atom stereocenters. The van der Waals surface area contributed by atoms with E-state index < -0.39 is 69.3 Å². The number of nitrogens with two attached hydrogens (primary N) is 1. The smallest absolute Gasteiger partial charge is 0.287 e. The lowest BCUT2D eigenvalue weighted by Crippen LogP contribution is -2.64. The molecule has 0 spiro atoms. The van der Waals surface area contributed by atoms with Crippen molar-refractivity contribution >= 4 is 50.9 Å². The number of H-pyrrole nitrogens is 1. The number of benzene rings is 1.